The molecule has 1 aliphatic carbocycles. The lowest BCUT2D eigenvalue weighted by molar-refractivity contribution is -0.115. The second kappa shape index (κ2) is 13.7. The molecule has 1 saturated carbocycles. The van der Waals surface area contributed by atoms with Crippen LogP contribution in [0.5, 0.6) is 0 Å². The number of aliphatic hydroxyl groups excluding tert-OH is 2. The summed E-state index contributed by atoms with van der Waals surface area (Å²) in [7, 11) is 16.0. The SMILES string of the molecule is CC(=O)Nc1cc(N(C)C)c2c(N(C)C)c3ccccc3cc2c1C1C(O)C(c2c(NC(C)=O)cc(N(C)C)c3c(N(C)C)c4ccccc4cc23)C1O. The van der Waals surface area contributed by atoms with Crippen molar-refractivity contribution in [2.24, 2.45) is 0 Å². The molecule has 0 bridgehead atoms. The number of hydrogen-bond donors (Lipinski definition) is 4. The lowest BCUT2D eigenvalue weighted by atomic mass is 9.61. The molecule has 2 amide bonds. The summed E-state index contributed by atoms with van der Waals surface area (Å²) in [4.78, 5) is 33.9. The predicted molar refractivity (Wildman–Crippen MR) is 226 cm³/mol. The van der Waals surface area contributed by atoms with Gasteiger partial charge in [0.15, 0.2) is 0 Å². The molecule has 4 N–H and O–H groups in total. The van der Waals surface area contributed by atoms with Crippen molar-refractivity contribution in [3.63, 3.8) is 0 Å². The molecule has 0 atom stereocenters. The molecule has 1 aliphatic rings. The Balaban J connectivity index is 1.54. The Morgan fingerprint density at radius 3 is 1.19 bits per heavy atom. The number of benzene rings is 6. The Morgan fingerprint density at radius 1 is 0.519 bits per heavy atom. The van der Waals surface area contributed by atoms with Gasteiger partial charge in [0.2, 0.25) is 11.8 Å². The van der Waals surface area contributed by atoms with Crippen molar-refractivity contribution in [3.05, 3.63) is 83.9 Å². The molecule has 7 rings (SSSR count). The molecule has 280 valence electrons. The molecule has 1 fully saturated rings. The number of hydrogen-bond acceptors (Lipinski definition) is 8. The predicted octanol–water partition coefficient (Wildman–Crippen LogP) is 7.08. The largest absolute Gasteiger partial charge is 0.392 e. The smallest absolute Gasteiger partial charge is 0.221 e. The van der Waals surface area contributed by atoms with E-state index in [-0.39, 0.29) is 11.8 Å². The quantitative estimate of drug-likeness (QED) is 0.123. The average Bonchev–Trinajstić information content (AvgIpc) is 3.10. The summed E-state index contributed by atoms with van der Waals surface area (Å²) in [6.45, 7) is 2.94. The normalized spacial score (nSPS) is 18.1. The first-order valence-electron chi connectivity index (χ1n) is 18.3. The van der Waals surface area contributed by atoms with E-state index in [0.717, 1.165) is 65.8 Å². The van der Waals surface area contributed by atoms with Crippen LogP contribution < -0.4 is 30.2 Å². The number of nitrogens with one attached hydrogen (secondary N) is 2. The fourth-order valence-electron chi connectivity index (χ4n) is 8.79. The van der Waals surface area contributed by atoms with Gasteiger partial charge in [0.25, 0.3) is 0 Å². The summed E-state index contributed by atoms with van der Waals surface area (Å²) in [5.74, 6) is -2.05. The van der Waals surface area contributed by atoms with Crippen LogP contribution in [0.25, 0.3) is 43.1 Å². The van der Waals surface area contributed by atoms with Gasteiger partial charge >= 0.3 is 0 Å². The number of anilines is 6. The van der Waals surface area contributed by atoms with Crippen LogP contribution in [0.15, 0.2) is 72.8 Å². The molecule has 0 radical (unpaired) electrons. The first kappa shape index (κ1) is 36.8. The number of carbonyl (C=O) groups is 2. The Hall–Kier alpha value is -5.58. The number of nitrogens with zero attached hydrogens (tertiary/aromatic N) is 4. The minimum atomic E-state index is -1.08. The van der Waals surface area contributed by atoms with Crippen molar-refractivity contribution < 1.29 is 19.8 Å². The summed E-state index contributed by atoms with van der Waals surface area (Å²) in [6.07, 6.45) is -2.16. The topological polar surface area (TPSA) is 112 Å². The number of fused-ring (bicyclic) bond motifs is 4. The zero-order valence-electron chi connectivity index (χ0n) is 32.7. The second-order valence-corrected chi connectivity index (χ2v) is 15.4. The lowest BCUT2D eigenvalue weighted by Crippen LogP contribution is -2.52. The second-order valence-electron chi connectivity index (χ2n) is 15.4. The highest BCUT2D eigenvalue weighted by Gasteiger charge is 2.53. The van der Waals surface area contributed by atoms with Crippen LogP contribution in [-0.4, -0.2) is 90.6 Å². The molecule has 10 nitrogen and oxygen atoms in total. The molecule has 0 saturated heterocycles. The highest BCUT2D eigenvalue weighted by Crippen LogP contribution is 2.58. The third-order valence-corrected chi connectivity index (χ3v) is 10.9. The maximum Gasteiger partial charge on any atom is 0.221 e. The van der Waals surface area contributed by atoms with Crippen molar-refractivity contribution in [1.29, 1.82) is 0 Å². The van der Waals surface area contributed by atoms with Crippen molar-refractivity contribution in [3.8, 4) is 0 Å². The molecule has 10 heteroatoms. The summed E-state index contributed by atoms with van der Waals surface area (Å²) < 4.78 is 0. The maximum absolute atomic E-state index is 12.8. The van der Waals surface area contributed by atoms with E-state index in [1.54, 1.807) is 0 Å². The molecule has 0 unspecified atom stereocenters. The van der Waals surface area contributed by atoms with Gasteiger partial charge in [-0.3, -0.25) is 9.59 Å². The molecule has 0 aliphatic heterocycles. The van der Waals surface area contributed by atoms with Gasteiger partial charge in [0.1, 0.15) is 0 Å². The van der Waals surface area contributed by atoms with Crippen LogP contribution in [0, 0.1) is 0 Å². The van der Waals surface area contributed by atoms with Gasteiger partial charge < -0.3 is 40.4 Å². The summed E-state index contributed by atoms with van der Waals surface area (Å²) in [5, 5.41) is 39.0. The molecule has 6 aromatic carbocycles. The Labute approximate surface area is 316 Å². The van der Waals surface area contributed by atoms with Crippen molar-refractivity contribution in [1.82, 2.24) is 0 Å². The molecular formula is C44H50N6O4. The van der Waals surface area contributed by atoms with Crippen LogP contribution in [-0.2, 0) is 9.59 Å². The summed E-state index contributed by atoms with van der Waals surface area (Å²) in [6, 6.07) is 24.5. The Kier molecular flexibility index (Phi) is 9.31. The van der Waals surface area contributed by atoms with E-state index in [1.807, 2.05) is 103 Å². The minimum Gasteiger partial charge on any atom is -0.392 e. The van der Waals surface area contributed by atoms with Crippen LogP contribution in [0.3, 0.4) is 0 Å². The first-order chi connectivity index (χ1) is 25.6. The number of carbonyl (C=O) groups excluding carboxylic acids is 2. The van der Waals surface area contributed by atoms with Gasteiger partial charge in [-0.05, 0) is 56.9 Å². The van der Waals surface area contributed by atoms with Crippen molar-refractivity contribution in [2.75, 3.05) is 86.6 Å². The molecule has 6 aromatic rings. The van der Waals surface area contributed by atoms with Gasteiger partial charge in [0, 0.05) is 126 Å². The van der Waals surface area contributed by atoms with E-state index in [2.05, 4.69) is 56.8 Å². The van der Waals surface area contributed by atoms with E-state index in [0.29, 0.717) is 22.5 Å². The van der Waals surface area contributed by atoms with Crippen molar-refractivity contribution >= 4 is 89.0 Å². The lowest BCUT2D eigenvalue weighted by Gasteiger charge is -2.49. The first-order valence-corrected chi connectivity index (χ1v) is 18.3. The van der Waals surface area contributed by atoms with E-state index in [4.69, 9.17) is 0 Å². The van der Waals surface area contributed by atoms with E-state index in [1.165, 1.54) is 13.8 Å². The zero-order chi connectivity index (χ0) is 38.9. The van der Waals surface area contributed by atoms with Crippen LogP contribution >= 0.6 is 0 Å². The Bertz CT molecular complexity index is 2310. The number of aliphatic hydroxyl groups is 2. The van der Waals surface area contributed by atoms with Gasteiger partial charge in [0.05, 0.1) is 23.6 Å². The molecule has 54 heavy (non-hydrogen) atoms. The van der Waals surface area contributed by atoms with Gasteiger partial charge in [-0.25, -0.2) is 0 Å². The van der Waals surface area contributed by atoms with E-state index >= 15 is 0 Å². The standard InChI is InChI=1S/C44H50N6O4/c1-23(51)45-31-21-33(47(3)4)37-29(19-25-15-11-13-17-27(25)41(37)49(7)8)35(31)39-43(53)40(44(39)54)36-30-20-26-16-12-14-18-28(26)42(50(9)10)38(30)34(48(5)6)22-32(36)46-24(2)52/h11-22,39-40,43-44,53-54H,1-10H3,(H,45,51)(H,46,52). The fourth-order valence-corrected chi connectivity index (χ4v) is 8.79. The van der Waals surface area contributed by atoms with Gasteiger partial charge in [-0.1, -0.05) is 48.5 Å². The number of rotatable bonds is 8. The summed E-state index contributed by atoms with van der Waals surface area (Å²) in [5.41, 5.74) is 6.22. The average molecular weight is 727 g/mol. The number of amides is 2. The van der Waals surface area contributed by atoms with Crippen molar-refractivity contribution in [2.45, 2.75) is 37.9 Å². The van der Waals surface area contributed by atoms with E-state index < -0.39 is 24.0 Å². The minimum absolute atomic E-state index is 0.255. The Morgan fingerprint density at radius 2 is 0.870 bits per heavy atom. The highest BCUT2D eigenvalue weighted by atomic mass is 16.3. The third-order valence-electron chi connectivity index (χ3n) is 10.9. The van der Waals surface area contributed by atoms with E-state index in [9.17, 15) is 19.8 Å². The monoisotopic (exact) mass is 726 g/mol. The van der Waals surface area contributed by atoms with Crippen LogP contribution in [0.1, 0.15) is 36.8 Å². The molecule has 0 aromatic heterocycles. The summed E-state index contributed by atoms with van der Waals surface area (Å²) >= 11 is 0. The highest BCUT2D eigenvalue weighted by molar-refractivity contribution is 6.20. The molecule has 0 spiro atoms. The zero-order valence-corrected chi connectivity index (χ0v) is 32.7. The van der Waals surface area contributed by atoms with Gasteiger partial charge in [-0.2, -0.15) is 0 Å². The molecular weight excluding hydrogens is 677 g/mol. The molecule has 0 heterocycles. The maximum atomic E-state index is 12.8. The van der Waals surface area contributed by atoms with Gasteiger partial charge in [-0.15, -0.1) is 0 Å². The fraction of sp³-hybridized carbons (Fsp3) is 0.318. The third kappa shape index (κ3) is 5.81. The van der Waals surface area contributed by atoms with Crippen LogP contribution in [0.4, 0.5) is 34.1 Å². The van der Waals surface area contributed by atoms with Crippen LogP contribution in [0.2, 0.25) is 0 Å².